The van der Waals surface area contributed by atoms with Gasteiger partial charge in [0.15, 0.2) is 5.84 Å². The molecule has 0 unspecified atom stereocenters. The Bertz CT molecular complexity index is 1070. The number of hydrazone groups is 1. The van der Waals surface area contributed by atoms with Crippen LogP contribution in [-0.4, -0.2) is 73.7 Å². The minimum absolute atomic E-state index is 0.0802. The van der Waals surface area contributed by atoms with E-state index in [1.165, 1.54) is 12.1 Å². The third-order valence-electron chi connectivity index (χ3n) is 5.71. The molecule has 16 heteroatoms. The SMILES string of the molecule is CNCCCNS(=O)(=O)c1ccc(N2CCC([C@@H](N)CO)CC2)c(/C(N)=N/NN)c1S(N)(=O)=O. The molecule has 0 saturated carbocycles. The number of aliphatic hydroxyl groups is 1. The van der Waals surface area contributed by atoms with Crippen molar-refractivity contribution in [3.63, 3.8) is 0 Å². The first kappa shape index (κ1) is 28.2. The van der Waals surface area contributed by atoms with Crippen LogP contribution in [0.15, 0.2) is 27.0 Å². The van der Waals surface area contributed by atoms with Gasteiger partial charge in [-0.25, -0.2) is 38.1 Å². The van der Waals surface area contributed by atoms with Crippen LogP contribution in [0.1, 0.15) is 24.8 Å². The fourth-order valence-electron chi connectivity index (χ4n) is 3.95. The molecule has 1 aromatic carbocycles. The van der Waals surface area contributed by atoms with Crippen LogP contribution >= 0.6 is 0 Å². The second kappa shape index (κ2) is 12.1. The molecule has 0 spiro atoms. The average Bonchev–Trinajstić information content (AvgIpc) is 2.80. The fraction of sp³-hybridized carbons (Fsp3) is 0.611. The molecule has 1 heterocycles. The van der Waals surface area contributed by atoms with Crippen molar-refractivity contribution in [1.82, 2.24) is 15.6 Å². The summed E-state index contributed by atoms with van der Waals surface area (Å²) in [6.07, 6.45) is 1.74. The minimum Gasteiger partial charge on any atom is -0.395 e. The van der Waals surface area contributed by atoms with E-state index >= 15 is 0 Å². The maximum atomic E-state index is 13.0. The van der Waals surface area contributed by atoms with Crippen LogP contribution in [0.4, 0.5) is 5.69 Å². The second-order valence-electron chi connectivity index (χ2n) is 7.98. The van der Waals surface area contributed by atoms with Gasteiger partial charge < -0.3 is 26.8 Å². The van der Waals surface area contributed by atoms with Gasteiger partial charge in [-0.05, 0) is 50.9 Å². The highest BCUT2D eigenvalue weighted by molar-refractivity contribution is 7.92. The van der Waals surface area contributed by atoms with Crippen molar-refractivity contribution < 1.29 is 21.9 Å². The van der Waals surface area contributed by atoms with Gasteiger partial charge in [0, 0.05) is 31.4 Å². The summed E-state index contributed by atoms with van der Waals surface area (Å²) in [6.45, 7) is 1.44. The van der Waals surface area contributed by atoms with Crippen LogP contribution in [0.3, 0.4) is 0 Å². The van der Waals surface area contributed by atoms with Crippen LogP contribution in [0.2, 0.25) is 0 Å². The normalized spacial score (nSPS) is 17.1. The number of piperidine rings is 1. The lowest BCUT2D eigenvalue weighted by Gasteiger charge is -2.37. The quantitative estimate of drug-likeness (QED) is 0.0448. The second-order valence-corrected chi connectivity index (χ2v) is 11.2. The van der Waals surface area contributed by atoms with Gasteiger partial charge in [-0.15, -0.1) is 5.10 Å². The Morgan fingerprint density at radius 3 is 2.41 bits per heavy atom. The minimum atomic E-state index is -4.58. The highest BCUT2D eigenvalue weighted by Gasteiger charge is 2.33. The predicted molar refractivity (Wildman–Crippen MR) is 130 cm³/mol. The molecule has 0 bridgehead atoms. The number of hydrazine groups is 1. The lowest BCUT2D eigenvalue weighted by molar-refractivity contribution is 0.208. The number of rotatable bonds is 12. The molecule has 194 valence electrons. The van der Waals surface area contributed by atoms with Gasteiger partial charge in [-0.1, -0.05) is 0 Å². The van der Waals surface area contributed by atoms with Crippen molar-refractivity contribution in [1.29, 1.82) is 0 Å². The molecule has 0 radical (unpaired) electrons. The molecule has 1 aliphatic rings. The van der Waals surface area contributed by atoms with E-state index in [2.05, 4.69) is 15.1 Å². The molecule has 14 nitrogen and oxygen atoms in total. The molecule has 1 aliphatic heterocycles. The van der Waals surface area contributed by atoms with E-state index < -0.39 is 29.8 Å². The smallest absolute Gasteiger partial charge is 0.241 e. The number of primary sulfonamides is 1. The molecule has 1 aromatic rings. The van der Waals surface area contributed by atoms with Crippen molar-refractivity contribution in [2.24, 2.45) is 33.5 Å². The first-order valence-corrected chi connectivity index (χ1v) is 13.8. The van der Waals surface area contributed by atoms with Gasteiger partial charge in [0.25, 0.3) is 0 Å². The fourth-order valence-corrected chi connectivity index (χ4v) is 6.63. The van der Waals surface area contributed by atoms with Crippen molar-refractivity contribution in [2.45, 2.75) is 35.1 Å². The number of nitrogens with zero attached hydrogens (tertiary/aromatic N) is 2. The first-order chi connectivity index (χ1) is 16.0. The third-order valence-corrected chi connectivity index (χ3v) is 8.33. The van der Waals surface area contributed by atoms with Gasteiger partial charge in [0.05, 0.1) is 12.2 Å². The Balaban J connectivity index is 2.61. The summed E-state index contributed by atoms with van der Waals surface area (Å²) in [5.41, 5.74) is 14.2. The Morgan fingerprint density at radius 2 is 1.88 bits per heavy atom. The maximum Gasteiger partial charge on any atom is 0.241 e. The molecule has 1 fully saturated rings. The molecular formula is C18H35N9O5S2. The van der Waals surface area contributed by atoms with Crippen molar-refractivity contribution in [3.8, 4) is 0 Å². The Morgan fingerprint density at radius 1 is 1.24 bits per heavy atom. The van der Waals surface area contributed by atoms with E-state index in [9.17, 15) is 21.9 Å². The molecule has 1 atom stereocenters. The van der Waals surface area contributed by atoms with Gasteiger partial charge in [0.2, 0.25) is 20.0 Å². The summed E-state index contributed by atoms with van der Waals surface area (Å²) in [4.78, 5) is 0.641. The summed E-state index contributed by atoms with van der Waals surface area (Å²) >= 11 is 0. The van der Waals surface area contributed by atoms with Crippen molar-refractivity contribution in [3.05, 3.63) is 17.7 Å². The van der Waals surface area contributed by atoms with Crippen molar-refractivity contribution in [2.75, 3.05) is 44.7 Å². The van der Waals surface area contributed by atoms with Gasteiger partial charge in [0.1, 0.15) is 9.79 Å². The molecule has 0 amide bonds. The number of aliphatic hydroxyl groups excluding tert-OH is 1. The maximum absolute atomic E-state index is 13.0. The number of nitrogens with one attached hydrogen (secondary N) is 3. The third kappa shape index (κ3) is 6.76. The van der Waals surface area contributed by atoms with Crippen LogP contribution in [0.25, 0.3) is 0 Å². The number of anilines is 1. The Hall–Kier alpha value is -2.05. The zero-order chi connectivity index (χ0) is 25.5. The van der Waals surface area contributed by atoms with E-state index in [1.807, 2.05) is 10.4 Å². The molecule has 0 aromatic heterocycles. The van der Waals surface area contributed by atoms with Crippen LogP contribution in [0.5, 0.6) is 0 Å². The zero-order valence-corrected chi connectivity index (χ0v) is 20.7. The van der Waals surface area contributed by atoms with E-state index in [0.29, 0.717) is 44.6 Å². The molecule has 2 rings (SSSR count). The largest absolute Gasteiger partial charge is 0.395 e. The van der Waals surface area contributed by atoms with Gasteiger partial charge >= 0.3 is 0 Å². The topological polar surface area (TPSA) is 244 Å². The van der Waals surface area contributed by atoms with Gasteiger partial charge in [-0.2, -0.15) is 0 Å². The number of sulfonamides is 2. The highest BCUT2D eigenvalue weighted by atomic mass is 32.2. The first-order valence-electron chi connectivity index (χ1n) is 10.7. The zero-order valence-electron chi connectivity index (χ0n) is 19.1. The monoisotopic (exact) mass is 521 g/mol. The Kier molecular flexibility index (Phi) is 10.0. The van der Waals surface area contributed by atoms with Crippen molar-refractivity contribution >= 4 is 31.6 Å². The standard InChI is InChI=1S/C18H35N9O5S2/c1-23-7-2-8-24-34(31,32)15-4-3-14(27-9-5-12(6-10-27)13(19)11-28)16(18(20)25-26-21)17(15)33(22,29)30/h3-4,12-13,23-24,26,28H,2,5-11,19,21H2,1H3,(H2,20,25)(H2,22,29,30)/t13-/m0/s1. The molecule has 12 N–H and O–H groups in total. The predicted octanol–water partition coefficient (Wildman–Crippen LogP) is -3.16. The summed E-state index contributed by atoms with van der Waals surface area (Å²) < 4.78 is 53.7. The number of benzene rings is 1. The summed E-state index contributed by atoms with van der Waals surface area (Å²) in [6, 6.07) is 2.29. The van der Waals surface area contributed by atoms with E-state index in [-0.39, 0.29) is 36.5 Å². The summed E-state index contributed by atoms with van der Waals surface area (Å²) in [5, 5.41) is 21.4. The van der Waals surface area contributed by atoms with E-state index in [0.717, 1.165) is 0 Å². The summed E-state index contributed by atoms with van der Waals surface area (Å²) in [7, 11) is -7.11. The van der Waals surface area contributed by atoms with Gasteiger partial charge in [-0.3, -0.25) is 0 Å². The molecular weight excluding hydrogens is 486 g/mol. The number of nitrogens with two attached hydrogens (primary N) is 4. The Labute approximate surface area is 200 Å². The van der Waals surface area contributed by atoms with Crippen LogP contribution in [-0.2, 0) is 20.0 Å². The van der Waals surface area contributed by atoms with E-state index in [4.69, 9.17) is 22.4 Å². The van der Waals surface area contributed by atoms with Crippen LogP contribution in [0, 0.1) is 5.92 Å². The van der Waals surface area contributed by atoms with E-state index in [1.54, 1.807) is 7.05 Å². The molecule has 1 saturated heterocycles. The number of amidine groups is 1. The highest BCUT2D eigenvalue weighted by Crippen LogP contribution is 2.34. The number of hydrogen-bond acceptors (Lipinski definition) is 11. The molecule has 34 heavy (non-hydrogen) atoms. The lowest BCUT2D eigenvalue weighted by Crippen LogP contribution is -2.43. The molecule has 0 aliphatic carbocycles. The van der Waals surface area contributed by atoms with Crippen LogP contribution < -0.4 is 42.9 Å². The lowest BCUT2D eigenvalue weighted by atomic mass is 9.90. The average molecular weight is 522 g/mol. The number of hydrogen-bond donors (Lipinski definition) is 8. The summed E-state index contributed by atoms with van der Waals surface area (Å²) in [5.74, 6) is 4.99.